The summed E-state index contributed by atoms with van der Waals surface area (Å²) in [6.45, 7) is 13.2. The van der Waals surface area contributed by atoms with Crippen LogP contribution in [0.25, 0.3) is 0 Å². The summed E-state index contributed by atoms with van der Waals surface area (Å²) in [7, 11) is 0. The van der Waals surface area contributed by atoms with Crippen molar-refractivity contribution in [3.63, 3.8) is 0 Å². The molecule has 2 N–H and O–H groups in total. The maximum absolute atomic E-state index is 5.51. The minimum Gasteiger partial charge on any atom is -0.379 e. The molecule has 0 spiro atoms. The first-order chi connectivity index (χ1) is 13.8. The van der Waals surface area contributed by atoms with E-state index in [0.29, 0.717) is 6.04 Å². The summed E-state index contributed by atoms with van der Waals surface area (Å²) in [5.74, 6) is 4.44. The van der Waals surface area contributed by atoms with E-state index in [1.54, 1.807) is 0 Å². The van der Waals surface area contributed by atoms with E-state index in [-0.39, 0.29) is 0 Å². The molecule has 28 heavy (non-hydrogen) atoms. The van der Waals surface area contributed by atoms with Gasteiger partial charge in [0.2, 0.25) is 0 Å². The Hall–Kier alpha value is -0.120. The van der Waals surface area contributed by atoms with E-state index in [0.717, 1.165) is 62.9 Å². The third-order valence-corrected chi connectivity index (χ3v) is 8.16. The van der Waals surface area contributed by atoms with Gasteiger partial charge in [0.1, 0.15) is 0 Å². The topological polar surface area (TPSA) is 43.0 Å². The van der Waals surface area contributed by atoms with Crippen LogP contribution in [0.4, 0.5) is 0 Å². The molecule has 2 bridgehead atoms. The molecule has 5 heterocycles. The molecule has 1 unspecified atom stereocenters. The minimum absolute atomic E-state index is 0.658. The van der Waals surface area contributed by atoms with E-state index >= 15 is 0 Å². The van der Waals surface area contributed by atoms with Crippen LogP contribution in [-0.4, -0.2) is 116 Å². The Morgan fingerprint density at radius 3 is 2.61 bits per heavy atom. The van der Waals surface area contributed by atoms with Crippen LogP contribution in [0.5, 0.6) is 0 Å². The molecule has 4 atom stereocenters. The van der Waals surface area contributed by atoms with Gasteiger partial charge < -0.3 is 20.3 Å². The number of fused-ring (bicyclic) bond motifs is 3. The van der Waals surface area contributed by atoms with E-state index < -0.39 is 0 Å². The zero-order chi connectivity index (χ0) is 19.2. The maximum atomic E-state index is 5.51. The second-order valence-corrected chi connectivity index (χ2v) is 10.3. The Labute approximate surface area is 180 Å². The molecular formula is C20H37N5OS2. The fourth-order valence-electron chi connectivity index (χ4n) is 5.21. The molecule has 5 aliphatic heterocycles. The summed E-state index contributed by atoms with van der Waals surface area (Å²) in [5, 5.41) is 7.70. The molecule has 0 aliphatic carbocycles. The van der Waals surface area contributed by atoms with Crippen molar-refractivity contribution in [2.75, 3.05) is 90.2 Å². The van der Waals surface area contributed by atoms with Gasteiger partial charge in [0, 0.05) is 76.5 Å². The SMILES string of the molecule is S=C(NCCN1CCOCC1)NC[C@H]1C[C@@H]2CCN1C[C@@H]2CN1CCSCC1. The van der Waals surface area contributed by atoms with Crippen molar-refractivity contribution in [3.05, 3.63) is 0 Å². The molecule has 6 nitrogen and oxygen atoms in total. The molecule has 5 aliphatic rings. The molecule has 0 aromatic heterocycles. The van der Waals surface area contributed by atoms with Crippen LogP contribution in [0.2, 0.25) is 0 Å². The van der Waals surface area contributed by atoms with E-state index in [1.807, 2.05) is 0 Å². The van der Waals surface area contributed by atoms with Gasteiger partial charge in [0.15, 0.2) is 5.11 Å². The second-order valence-electron chi connectivity index (χ2n) is 8.70. The average molecular weight is 428 g/mol. The molecular weight excluding hydrogens is 390 g/mol. The number of rotatable bonds is 7. The van der Waals surface area contributed by atoms with Crippen molar-refractivity contribution >= 4 is 29.1 Å². The lowest BCUT2D eigenvalue weighted by Gasteiger charge is -2.51. The monoisotopic (exact) mass is 427 g/mol. The van der Waals surface area contributed by atoms with Gasteiger partial charge in [0.05, 0.1) is 13.2 Å². The Kier molecular flexibility index (Phi) is 8.13. The third-order valence-electron chi connectivity index (χ3n) is 6.93. The summed E-state index contributed by atoms with van der Waals surface area (Å²) in [5.41, 5.74) is 0. The van der Waals surface area contributed by atoms with Gasteiger partial charge in [-0.3, -0.25) is 9.80 Å². The zero-order valence-corrected chi connectivity index (χ0v) is 18.7. The van der Waals surface area contributed by atoms with Gasteiger partial charge in [-0.15, -0.1) is 0 Å². The molecule has 0 saturated carbocycles. The van der Waals surface area contributed by atoms with Crippen LogP contribution in [-0.2, 0) is 4.74 Å². The Morgan fingerprint density at radius 2 is 1.86 bits per heavy atom. The highest BCUT2D eigenvalue weighted by Crippen LogP contribution is 2.36. The predicted molar refractivity (Wildman–Crippen MR) is 121 cm³/mol. The van der Waals surface area contributed by atoms with Gasteiger partial charge in [-0.25, -0.2) is 0 Å². The van der Waals surface area contributed by atoms with Crippen LogP contribution >= 0.6 is 24.0 Å². The van der Waals surface area contributed by atoms with Gasteiger partial charge in [-0.2, -0.15) is 11.8 Å². The number of nitrogens with zero attached hydrogens (tertiary/aromatic N) is 3. The molecule has 8 heteroatoms. The smallest absolute Gasteiger partial charge is 0.166 e. The molecule has 0 amide bonds. The summed E-state index contributed by atoms with van der Waals surface area (Å²) >= 11 is 7.63. The lowest BCUT2D eigenvalue weighted by atomic mass is 9.75. The maximum Gasteiger partial charge on any atom is 0.166 e. The molecule has 5 fully saturated rings. The normalized spacial score (nSPS) is 34.3. The fourth-order valence-corrected chi connectivity index (χ4v) is 6.37. The molecule has 5 rings (SSSR count). The number of thiocarbonyl (C=S) groups is 1. The highest BCUT2D eigenvalue weighted by Gasteiger charge is 2.40. The predicted octanol–water partition coefficient (Wildman–Crippen LogP) is 0.542. The molecule has 0 radical (unpaired) electrons. The van der Waals surface area contributed by atoms with E-state index in [1.165, 1.54) is 57.1 Å². The minimum atomic E-state index is 0.658. The summed E-state index contributed by atoms with van der Waals surface area (Å²) < 4.78 is 5.40. The lowest BCUT2D eigenvalue weighted by Crippen LogP contribution is -2.59. The van der Waals surface area contributed by atoms with Crippen LogP contribution in [0.15, 0.2) is 0 Å². The largest absolute Gasteiger partial charge is 0.379 e. The second kappa shape index (κ2) is 10.8. The number of nitrogens with one attached hydrogen (secondary N) is 2. The highest BCUT2D eigenvalue weighted by atomic mass is 32.2. The first-order valence-corrected chi connectivity index (χ1v) is 12.7. The van der Waals surface area contributed by atoms with Gasteiger partial charge in [0.25, 0.3) is 0 Å². The quantitative estimate of drug-likeness (QED) is 0.571. The van der Waals surface area contributed by atoms with Crippen molar-refractivity contribution in [2.24, 2.45) is 11.8 Å². The third kappa shape index (κ3) is 5.95. The number of morpholine rings is 1. The van der Waals surface area contributed by atoms with Crippen LogP contribution in [0, 0.1) is 11.8 Å². The Balaban J connectivity index is 1.13. The highest BCUT2D eigenvalue weighted by molar-refractivity contribution is 7.99. The number of hydrogen-bond acceptors (Lipinski definition) is 6. The molecule has 5 saturated heterocycles. The summed E-state index contributed by atoms with van der Waals surface area (Å²) in [6, 6.07) is 0.658. The number of ether oxygens (including phenoxy) is 1. The number of hydrogen-bond donors (Lipinski definition) is 2. The molecule has 0 aromatic carbocycles. The van der Waals surface area contributed by atoms with E-state index in [4.69, 9.17) is 17.0 Å². The van der Waals surface area contributed by atoms with Crippen LogP contribution in [0.1, 0.15) is 12.8 Å². The van der Waals surface area contributed by atoms with Gasteiger partial charge in [-0.1, -0.05) is 0 Å². The van der Waals surface area contributed by atoms with Crippen molar-refractivity contribution in [2.45, 2.75) is 18.9 Å². The molecule has 160 valence electrons. The Bertz CT molecular complexity index is 499. The van der Waals surface area contributed by atoms with E-state index in [2.05, 4.69) is 37.1 Å². The lowest BCUT2D eigenvalue weighted by molar-refractivity contribution is -0.00942. The van der Waals surface area contributed by atoms with Crippen LogP contribution in [0.3, 0.4) is 0 Å². The van der Waals surface area contributed by atoms with Crippen molar-refractivity contribution in [3.8, 4) is 0 Å². The van der Waals surface area contributed by atoms with Gasteiger partial charge >= 0.3 is 0 Å². The molecule has 0 aromatic rings. The van der Waals surface area contributed by atoms with Gasteiger partial charge in [-0.05, 0) is 43.4 Å². The Morgan fingerprint density at radius 1 is 1.04 bits per heavy atom. The zero-order valence-electron chi connectivity index (χ0n) is 17.1. The standard InChI is InChI=1S/C20H37N5OS2/c27-20(21-2-4-23-5-9-26-10-6-23)22-14-19-13-17-1-3-25(19)16-18(17)15-24-7-11-28-12-8-24/h17-19H,1-16H2,(H2,21,22,27)/t17-,18-,19+/m0/s1. The average Bonchev–Trinajstić information content (AvgIpc) is 2.74. The van der Waals surface area contributed by atoms with Crippen molar-refractivity contribution in [1.82, 2.24) is 25.3 Å². The summed E-state index contributed by atoms with van der Waals surface area (Å²) in [6.07, 6.45) is 2.74. The fraction of sp³-hybridized carbons (Fsp3) is 0.950. The first kappa shape index (κ1) is 21.1. The van der Waals surface area contributed by atoms with E-state index in [9.17, 15) is 0 Å². The first-order valence-electron chi connectivity index (χ1n) is 11.1. The van der Waals surface area contributed by atoms with Crippen LogP contribution < -0.4 is 10.6 Å². The summed E-state index contributed by atoms with van der Waals surface area (Å²) in [4.78, 5) is 7.88. The van der Waals surface area contributed by atoms with Crippen molar-refractivity contribution < 1.29 is 4.74 Å². The number of thioether (sulfide) groups is 1. The van der Waals surface area contributed by atoms with Crippen molar-refractivity contribution in [1.29, 1.82) is 0 Å². The number of piperidine rings is 3.